The lowest BCUT2D eigenvalue weighted by molar-refractivity contribution is -0.141. The van der Waals surface area contributed by atoms with Crippen LogP contribution in [0, 0.1) is 0 Å². The third-order valence-corrected chi connectivity index (χ3v) is 4.23. The number of thiazole rings is 1. The maximum Gasteiger partial charge on any atom is 0.434 e. The van der Waals surface area contributed by atoms with Crippen LogP contribution in [0.3, 0.4) is 0 Å². The summed E-state index contributed by atoms with van der Waals surface area (Å²) in [6, 6.07) is 0. The minimum Gasteiger partial charge on any atom is -0.315 e. The first-order valence-corrected chi connectivity index (χ1v) is 7.03. The molecule has 1 aromatic rings. The molecule has 2 nitrogen and oxygen atoms in total. The summed E-state index contributed by atoms with van der Waals surface area (Å²) >= 11 is 2.73. The maximum atomic E-state index is 12.7. The molecule has 98 valence electrons. The van der Waals surface area contributed by atoms with Gasteiger partial charge in [0.2, 0.25) is 0 Å². The van der Waals surface area contributed by atoms with E-state index < -0.39 is 11.9 Å². The molecule has 1 N–H and O–H groups in total. The molecule has 0 fully saturated rings. The van der Waals surface area contributed by atoms with Crippen LogP contribution in [0.1, 0.15) is 29.4 Å². The molecular weight excluding hydrogens is 269 g/mol. The monoisotopic (exact) mass is 284 g/mol. The molecule has 0 atom stereocenters. The Morgan fingerprint density at radius 1 is 1.41 bits per heavy atom. The lowest BCUT2D eigenvalue weighted by Gasteiger charge is -2.04. The average molecular weight is 284 g/mol. The van der Waals surface area contributed by atoms with E-state index in [0.717, 1.165) is 11.3 Å². The molecule has 1 heterocycles. The summed E-state index contributed by atoms with van der Waals surface area (Å²) in [6.07, 6.45) is -4.36. The summed E-state index contributed by atoms with van der Waals surface area (Å²) in [5.41, 5.74) is -0.740. The molecule has 1 aromatic heterocycles. The van der Waals surface area contributed by atoms with E-state index >= 15 is 0 Å². The number of hydrogen-bond donors (Lipinski definition) is 1. The highest BCUT2D eigenvalue weighted by Crippen LogP contribution is 2.35. The molecule has 0 aliphatic heterocycles. The Morgan fingerprint density at radius 2 is 2.06 bits per heavy atom. The van der Waals surface area contributed by atoms with E-state index in [1.54, 1.807) is 18.8 Å². The van der Waals surface area contributed by atoms with Gasteiger partial charge in [-0.25, -0.2) is 4.98 Å². The number of alkyl halides is 3. The van der Waals surface area contributed by atoms with Crippen molar-refractivity contribution in [1.29, 1.82) is 0 Å². The zero-order valence-electron chi connectivity index (χ0n) is 9.89. The molecule has 0 saturated heterocycles. The molecule has 7 heteroatoms. The van der Waals surface area contributed by atoms with Crippen LogP contribution in [-0.2, 0) is 18.5 Å². The zero-order valence-corrected chi connectivity index (χ0v) is 11.5. The highest BCUT2D eigenvalue weighted by atomic mass is 32.2. The minimum atomic E-state index is -4.36. The first-order chi connectivity index (χ1) is 7.84. The molecule has 0 bridgehead atoms. The smallest absolute Gasteiger partial charge is 0.315 e. The predicted octanol–water partition coefficient (Wildman–Crippen LogP) is 3.52. The van der Waals surface area contributed by atoms with Crippen molar-refractivity contribution < 1.29 is 13.2 Å². The Hall–Kier alpha value is -0.270. The van der Waals surface area contributed by atoms with Crippen LogP contribution < -0.4 is 5.32 Å². The first kappa shape index (κ1) is 14.8. The van der Waals surface area contributed by atoms with Crippen LogP contribution in [-0.4, -0.2) is 17.3 Å². The molecule has 0 aliphatic rings. The van der Waals surface area contributed by atoms with Gasteiger partial charge in [-0.1, -0.05) is 13.8 Å². The lowest BCUT2D eigenvalue weighted by atomic mass is 10.3. The second-order valence-electron chi connectivity index (χ2n) is 3.77. The predicted molar refractivity (Wildman–Crippen MR) is 66.3 cm³/mol. The SMILES string of the molecule is CNCc1sc(CSC(C)C)nc1C(F)(F)F. The molecule has 0 amide bonds. The van der Waals surface area contributed by atoms with E-state index in [2.05, 4.69) is 10.3 Å². The Bertz CT molecular complexity index is 361. The van der Waals surface area contributed by atoms with Gasteiger partial charge in [-0.2, -0.15) is 24.9 Å². The van der Waals surface area contributed by atoms with Gasteiger partial charge in [-0.15, -0.1) is 11.3 Å². The Morgan fingerprint density at radius 3 is 2.53 bits per heavy atom. The number of nitrogens with one attached hydrogen (secondary N) is 1. The normalized spacial score (nSPS) is 12.4. The van der Waals surface area contributed by atoms with Gasteiger partial charge in [0.15, 0.2) is 5.69 Å². The van der Waals surface area contributed by atoms with Crippen molar-refractivity contribution in [2.45, 2.75) is 37.6 Å². The summed E-state index contributed by atoms with van der Waals surface area (Å²) in [6.45, 7) is 4.23. The molecule has 0 radical (unpaired) electrons. The highest BCUT2D eigenvalue weighted by molar-refractivity contribution is 7.99. The van der Waals surface area contributed by atoms with E-state index in [4.69, 9.17) is 0 Å². The molecule has 0 aromatic carbocycles. The largest absolute Gasteiger partial charge is 0.434 e. The molecular formula is C10H15F3N2S2. The van der Waals surface area contributed by atoms with Gasteiger partial charge in [0.1, 0.15) is 5.01 Å². The number of nitrogens with zero attached hydrogens (tertiary/aromatic N) is 1. The van der Waals surface area contributed by atoms with Gasteiger partial charge in [-0.3, -0.25) is 0 Å². The maximum absolute atomic E-state index is 12.7. The third kappa shape index (κ3) is 4.48. The van der Waals surface area contributed by atoms with Crippen LogP contribution in [0.4, 0.5) is 13.2 Å². The summed E-state index contributed by atoms with van der Waals surface area (Å²) in [5, 5.41) is 3.67. The number of halogens is 3. The van der Waals surface area contributed by atoms with Crippen LogP contribution in [0.2, 0.25) is 0 Å². The van der Waals surface area contributed by atoms with E-state index in [1.165, 1.54) is 0 Å². The first-order valence-electron chi connectivity index (χ1n) is 5.16. The summed E-state index contributed by atoms with van der Waals surface area (Å²) in [7, 11) is 1.63. The molecule has 0 aliphatic carbocycles. The number of hydrogen-bond acceptors (Lipinski definition) is 4. The van der Waals surface area contributed by atoms with Crippen LogP contribution in [0.25, 0.3) is 0 Å². The summed E-state index contributed by atoms with van der Waals surface area (Å²) in [5.74, 6) is 0.537. The molecule has 17 heavy (non-hydrogen) atoms. The topological polar surface area (TPSA) is 24.9 Å². The Balaban J connectivity index is 2.88. The molecule has 0 spiro atoms. The third-order valence-electron chi connectivity index (χ3n) is 1.89. The van der Waals surface area contributed by atoms with Crippen molar-refractivity contribution in [1.82, 2.24) is 10.3 Å². The van der Waals surface area contributed by atoms with Gasteiger partial charge in [0.05, 0.1) is 4.88 Å². The van der Waals surface area contributed by atoms with Gasteiger partial charge < -0.3 is 5.32 Å². The van der Waals surface area contributed by atoms with Crippen molar-refractivity contribution in [3.63, 3.8) is 0 Å². The second-order valence-corrected chi connectivity index (χ2v) is 6.50. The van der Waals surface area contributed by atoms with Crippen molar-refractivity contribution >= 4 is 23.1 Å². The van der Waals surface area contributed by atoms with Crippen LogP contribution in [0.15, 0.2) is 0 Å². The standard InChI is InChI=1S/C10H15F3N2S2/c1-6(2)16-5-8-15-9(10(11,12)13)7(17-8)4-14-3/h6,14H,4-5H2,1-3H3. The quantitative estimate of drug-likeness (QED) is 0.895. The van der Waals surface area contributed by atoms with Gasteiger partial charge in [-0.05, 0) is 12.3 Å². The Kier molecular flexibility index (Phi) is 5.27. The second kappa shape index (κ2) is 6.06. The minimum absolute atomic E-state index is 0.207. The average Bonchev–Trinajstić information content (AvgIpc) is 2.58. The highest BCUT2D eigenvalue weighted by Gasteiger charge is 2.37. The molecule has 0 unspecified atom stereocenters. The van der Waals surface area contributed by atoms with Gasteiger partial charge in [0, 0.05) is 12.3 Å². The summed E-state index contributed by atoms with van der Waals surface area (Å²) in [4.78, 5) is 3.97. The Labute approximate surface area is 107 Å². The van der Waals surface area contributed by atoms with Crippen molar-refractivity contribution in [2.24, 2.45) is 0 Å². The lowest BCUT2D eigenvalue weighted by Crippen LogP contribution is -2.12. The van der Waals surface area contributed by atoms with Crippen molar-refractivity contribution in [3.05, 3.63) is 15.6 Å². The molecule has 1 rings (SSSR count). The fourth-order valence-electron chi connectivity index (χ4n) is 1.20. The zero-order chi connectivity index (χ0) is 13.1. The van der Waals surface area contributed by atoms with E-state index in [9.17, 15) is 13.2 Å². The molecule has 0 saturated carbocycles. The fraction of sp³-hybridized carbons (Fsp3) is 0.700. The van der Waals surface area contributed by atoms with Crippen molar-refractivity contribution in [3.8, 4) is 0 Å². The summed E-state index contributed by atoms with van der Waals surface area (Å²) < 4.78 is 38.1. The van der Waals surface area contributed by atoms with Gasteiger partial charge >= 0.3 is 6.18 Å². The van der Waals surface area contributed by atoms with Crippen LogP contribution in [0.5, 0.6) is 0 Å². The van der Waals surface area contributed by atoms with E-state index in [1.807, 2.05) is 13.8 Å². The number of aromatic nitrogens is 1. The fourth-order valence-corrected chi connectivity index (χ4v) is 3.08. The van der Waals surface area contributed by atoms with Crippen LogP contribution >= 0.6 is 23.1 Å². The van der Waals surface area contributed by atoms with Crippen molar-refractivity contribution in [2.75, 3.05) is 7.05 Å². The number of rotatable bonds is 5. The van der Waals surface area contributed by atoms with E-state index in [0.29, 0.717) is 16.0 Å². The van der Waals surface area contributed by atoms with E-state index in [-0.39, 0.29) is 11.4 Å². The van der Waals surface area contributed by atoms with Gasteiger partial charge in [0.25, 0.3) is 0 Å². The number of thioether (sulfide) groups is 1.